The molecule has 3 heterocycles. The number of hydrogen-bond acceptors (Lipinski definition) is 2. The number of H-pyrrole nitrogens is 1. The number of nitrogens with one attached hydrogen (secondary N) is 1. The zero-order chi connectivity index (χ0) is 20.0. The monoisotopic (exact) mass is 388 g/mol. The summed E-state index contributed by atoms with van der Waals surface area (Å²) >= 11 is 0. The minimum Gasteiger partial charge on any atom is -0.356 e. The summed E-state index contributed by atoms with van der Waals surface area (Å²) < 4.78 is 16.6. The van der Waals surface area contributed by atoms with Gasteiger partial charge in [0.15, 0.2) is 0 Å². The number of carbonyl (C=O) groups is 1. The fraction of sp³-hybridized carbons (Fsp3) is 0.217. The van der Waals surface area contributed by atoms with Gasteiger partial charge < -0.3 is 9.88 Å². The molecule has 29 heavy (non-hydrogen) atoms. The molecule has 1 aliphatic rings. The zero-order valence-corrected chi connectivity index (χ0v) is 16.1. The molecular formula is C23H21FN4O. The van der Waals surface area contributed by atoms with Crippen molar-refractivity contribution >= 4 is 16.8 Å². The van der Waals surface area contributed by atoms with Gasteiger partial charge in [0.2, 0.25) is 0 Å². The summed E-state index contributed by atoms with van der Waals surface area (Å²) in [6.07, 6.45) is 4.06. The maximum absolute atomic E-state index is 14.9. The Balaban J connectivity index is 1.67. The van der Waals surface area contributed by atoms with Crippen molar-refractivity contribution in [1.82, 2.24) is 19.7 Å². The highest BCUT2D eigenvalue weighted by molar-refractivity contribution is 5.95. The molecule has 4 aromatic rings. The molecular weight excluding hydrogens is 367 g/mol. The number of aromatic nitrogens is 3. The van der Waals surface area contributed by atoms with Crippen LogP contribution in [0.4, 0.5) is 4.39 Å². The second-order valence-corrected chi connectivity index (χ2v) is 7.32. The third-order valence-corrected chi connectivity index (χ3v) is 5.70. The number of rotatable bonds is 3. The van der Waals surface area contributed by atoms with Gasteiger partial charge in [0.05, 0.1) is 11.8 Å². The Morgan fingerprint density at radius 3 is 2.79 bits per heavy atom. The molecule has 0 saturated heterocycles. The Labute approximate surface area is 167 Å². The van der Waals surface area contributed by atoms with Gasteiger partial charge in [-0.05, 0) is 31.0 Å². The van der Waals surface area contributed by atoms with Gasteiger partial charge in [-0.25, -0.2) is 4.39 Å². The molecule has 0 bridgehead atoms. The van der Waals surface area contributed by atoms with Gasteiger partial charge in [-0.1, -0.05) is 36.4 Å². The number of benzene rings is 2. The molecule has 5 rings (SSSR count). The summed E-state index contributed by atoms with van der Waals surface area (Å²) in [5.41, 5.74) is 4.07. The number of para-hydroxylation sites is 1. The van der Waals surface area contributed by atoms with Crippen LogP contribution in [0.3, 0.4) is 0 Å². The molecule has 0 spiro atoms. The highest BCUT2D eigenvalue weighted by atomic mass is 19.1. The van der Waals surface area contributed by atoms with Crippen LogP contribution in [0, 0.1) is 5.82 Å². The molecule has 0 saturated carbocycles. The Bertz CT molecular complexity index is 1210. The van der Waals surface area contributed by atoms with E-state index in [4.69, 9.17) is 0 Å². The van der Waals surface area contributed by atoms with Crippen molar-refractivity contribution in [1.29, 1.82) is 0 Å². The van der Waals surface area contributed by atoms with E-state index in [9.17, 15) is 9.18 Å². The van der Waals surface area contributed by atoms with Crippen molar-refractivity contribution in [3.8, 4) is 0 Å². The highest BCUT2D eigenvalue weighted by Crippen LogP contribution is 2.39. The van der Waals surface area contributed by atoms with E-state index < -0.39 is 6.04 Å². The van der Waals surface area contributed by atoms with Crippen LogP contribution in [0.2, 0.25) is 0 Å². The molecule has 0 unspecified atom stereocenters. The zero-order valence-electron chi connectivity index (χ0n) is 16.1. The summed E-state index contributed by atoms with van der Waals surface area (Å²) in [7, 11) is 0. The van der Waals surface area contributed by atoms with Crippen LogP contribution in [0.15, 0.2) is 60.9 Å². The first-order valence-corrected chi connectivity index (χ1v) is 9.84. The van der Waals surface area contributed by atoms with Gasteiger partial charge in [-0.3, -0.25) is 9.48 Å². The van der Waals surface area contributed by atoms with Gasteiger partial charge in [-0.15, -0.1) is 0 Å². The standard InChI is InChI=1S/C23H21FN4O/c1-2-27-14-15(13-25-27)23(29)28-12-11-17-16-7-4-6-10-20(16)26-21(17)22(28)18-8-3-5-9-19(18)24/h3-10,13-14,22,26H,2,11-12H2,1H3/t22-/m1/s1. The average molecular weight is 388 g/mol. The number of fused-ring (bicyclic) bond motifs is 3. The van der Waals surface area contributed by atoms with Gasteiger partial charge >= 0.3 is 0 Å². The van der Waals surface area contributed by atoms with E-state index in [-0.39, 0.29) is 11.7 Å². The number of hydrogen-bond donors (Lipinski definition) is 1. The molecule has 1 amide bonds. The Morgan fingerprint density at radius 2 is 2.00 bits per heavy atom. The first-order valence-electron chi connectivity index (χ1n) is 9.84. The summed E-state index contributed by atoms with van der Waals surface area (Å²) in [5, 5.41) is 5.37. The number of aromatic amines is 1. The van der Waals surface area contributed by atoms with Crippen LogP contribution in [-0.4, -0.2) is 32.1 Å². The third kappa shape index (κ3) is 2.83. The van der Waals surface area contributed by atoms with E-state index in [0.717, 1.165) is 28.6 Å². The lowest BCUT2D eigenvalue weighted by Gasteiger charge is -2.36. The Kier molecular flexibility index (Phi) is 4.19. The second kappa shape index (κ2) is 6.88. The number of halogens is 1. The summed E-state index contributed by atoms with van der Waals surface area (Å²) in [4.78, 5) is 18.6. The van der Waals surface area contributed by atoms with Gasteiger partial charge in [-0.2, -0.15) is 5.10 Å². The maximum Gasteiger partial charge on any atom is 0.257 e. The minimum atomic E-state index is -0.509. The van der Waals surface area contributed by atoms with E-state index >= 15 is 0 Å². The summed E-state index contributed by atoms with van der Waals surface area (Å²) in [5.74, 6) is -0.451. The predicted octanol–water partition coefficient (Wildman–Crippen LogP) is 4.31. The minimum absolute atomic E-state index is 0.137. The second-order valence-electron chi connectivity index (χ2n) is 7.32. The maximum atomic E-state index is 14.9. The smallest absolute Gasteiger partial charge is 0.257 e. The van der Waals surface area contributed by atoms with E-state index in [0.29, 0.717) is 24.2 Å². The van der Waals surface area contributed by atoms with E-state index in [1.54, 1.807) is 34.1 Å². The van der Waals surface area contributed by atoms with Gasteiger partial charge in [0.25, 0.3) is 5.91 Å². The first kappa shape index (κ1) is 17.7. The Hall–Kier alpha value is -3.41. The molecule has 0 fully saturated rings. The summed E-state index contributed by atoms with van der Waals surface area (Å²) in [6.45, 7) is 3.18. The van der Waals surface area contributed by atoms with Crippen LogP contribution in [0.1, 0.15) is 40.1 Å². The lowest BCUT2D eigenvalue weighted by Crippen LogP contribution is -2.40. The molecule has 0 radical (unpaired) electrons. The van der Waals surface area contributed by atoms with Crippen LogP contribution < -0.4 is 0 Å². The molecule has 1 aliphatic heterocycles. The average Bonchev–Trinajstić information content (AvgIpc) is 3.38. The molecule has 1 N–H and O–H groups in total. The number of amides is 1. The normalized spacial score (nSPS) is 16.2. The predicted molar refractivity (Wildman–Crippen MR) is 109 cm³/mol. The topological polar surface area (TPSA) is 53.9 Å². The van der Waals surface area contributed by atoms with Gasteiger partial charge in [0, 0.05) is 41.4 Å². The molecule has 1 atom stereocenters. The fourth-order valence-electron chi connectivity index (χ4n) is 4.29. The van der Waals surface area contributed by atoms with Crippen molar-refractivity contribution in [2.24, 2.45) is 0 Å². The lowest BCUT2D eigenvalue weighted by molar-refractivity contribution is 0.0689. The van der Waals surface area contributed by atoms with Crippen LogP contribution in [0.5, 0.6) is 0 Å². The Morgan fingerprint density at radius 1 is 1.21 bits per heavy atom. The van der Waals surface area contributed by atoms with Crippen molar-refractivity contribution in [3.05, 3.63) is 89.1 Å². The van der Waals surface area contributed by atoms with Crippen LogP contribution >= 0.6 is 0 Å². The molecule has 2 aromatic heterocycles. The van der Waals surface area contributed by atoms with Crippen LogP contribution in [-0.2, 0) is 13.0 Å². The van der Waals surface area contributed by atoms with Crippen molar-refractivity contribution < 1.29 is 9.18 Å². The highest BCUT2D eigenvalue weighted by Gasteiger charge is 2.36. The van der Waals surface area contributed by atoms with E-state index in [2.05, 4.69) is 16.1 Å². The fourth-order valence-corrected chi connectivity index (χ4v) is 4.29. The first-order chi connectivity index (χ1) is 14.2. The third-order valence-electron chi connectivity index (χ3n) is 5.70. The van der Waals surface area contributed by atoms with Crippen molar-refractivity contribution in [2.75, 3.05) is 6.54 Å². The van der Waals surface area contributed by atoms with Gasteiger partial charge in [0.1, 0.15) is 11.9 Å². The number of carbonyl (C=O) groups excluding carboxylic acids is 1. The molecule has 6 heteroatoms. The van der Waals surface area contributed by atoms with Crippen molar-refractivity contribution in [3.63, 3.8) is 0 Å². The molecule has 2 aromatic carbocycles. The summed E-state index contributed by atoms with van der Waals surface area (Å²) in [6, 6.07) is 14.3. The molecule has 5 nitrogen and oxygen atoms in total. The lowest BCUT2D eigenvalue weighted by atomic mass is 9.91. The van der Waals surface area contributed by atoms with E-state index in [1.165, 1.54) is 6.07 Å². The van der Waals surface area contributed by atoms with Crippen molar-refractivity contribution in [2.45, 2.75) is 25.9 Å². The largest absolute Gasteiger partial charge is 0.356 e. The number of aryl methyl sites for hydroxylation is 1. The number of nitrogens with zero attached hydrogens (tertiary/aromatic N) is 3. The van der Waals surface area contributed by atoms with Crippen LogP contribution in [0.25, 0.3) is 10.9 Å². The van der Waals surface area contributed by atoms with E-state index in [1.807, 2.05) is 31.2 Å². The quantitative estimate of drug-likeness (QED) is 0.569. The SMILES string of the molecule is CCn1cc(C(=O)N2CCc3c([nH]c4ccccc34)[C@H]2c2ccccc2F)cn1. The molecule has 0 aliphatic carbocycles. The molecule has 146 valence electrons.